The van der Waals surface area contributed by atoms with Crippen molar-refractivity contribution >= 4 is 28.5 Å². The minimum absolute atomic E-state index is 0.0295. The van der Waals surface area contributed by atoms with Crippen molar-refractivity contribution in [2.45, 2.75) is 19.6 Å². The van der Waals surface area contributed by atoms with E-state index in [1.165, 1.54) is 23.8 Å². The number of aryl methyl sites for hydroxylation is 1. The summed E-state index contributed by atoms with van der Waals surface area (Å²) in [4.78, 5) is 32.3. The Labute approximate surface area is 212 Å². The summed E-state index contributed by atoms with van der Waals surface area (Å²) in [5.74, 6) is -0.719. The first-order chi connectivity index (χ1) is 17.5. The molecule has 2 heterocycles. The molecule has 0 radical (unpaired) electrons. The number of nitriles is 1. The molecule has 8 nitrogen and oxygen atoms in total. The summed E-state index contributed by atoms with van der Waals surface area (Å²) in [5.41, 5.74) is -1.58. The Morgan fingerprint density at radius 3 is 2.65 bits per heavy atom. The molecule has 0 unspecified atom stereocenters. The summed E-state index contributed by atoms with van der Waals surface area (Å²) in [6.07, 6.45) is -3.36. The highest BCUT2D eigenvalue weighted by Crippen LogP contribution is 2.34. The summed E-state index contributed by atoms with van der Waals surface area (Å²) in [6.45, 7) is 1.38. The third-order valence-corrected chi connectivity index (χ3v) is 5.74. The van der Waals surface area contributed by atoms with Crippen molar-refractivity contribution in [2.24, 2.45) is 0 Å². The predicted octanol–water partition coefficient (Wildman–Crippen LogP) is 5.09. The number of hydrogen-bond acceptors (Lipinski definition) is 6. The SMILES string of the molecule is Cc1nc2cc(C(F)(F)F)cc(C#N)c2c(=O)n1CCOc1ccc(Cl)cc1-c1ccnc(C(=O)O)c1. The molecule has 37 heavy (non-hydrogen) atoms. The summed E-state index contributed by atoms with van der Waals surface area (Å²) < 4.78 is 46.7. The van der Waals surface area contributed by atoms with Gasteiger partial charge in [-0.25, -0.2) is 14.8 Å². The van der Waals surface area contributed by atoms with Gasteiger partial charge in [-0.1, -0.05) is 11.6 Å². The number of nitrogens with zero attached hydrogens (tertiary/aromatic N) is 4. The summed E-state index contributed by atoms with van der Waals surface area (Å²) in [7, 11) is 0. The highest BCUT2D eigenvalue weighted by Gasteiger charge is 2.32. The van der Waals surface area contributed by atoms with Crippen LogP contribution < -0.4 is 10.3 Å². The van der Waals surface area contributed by atoms with Gasteiger partial charge < -0.3 is 9.84 Å². The number of aromatic carboxylic acids is 1. The molecular weight excluding hydrogens is 513 g/mol. The number of pyridine rings is 1. The van der Waals surface area contributed by atoms with E-state index in [9.17, 15) is 33.1 Å². The third-order valence-electron chi connectivity index (χ3n) is 5.50. The zero-order valence-electron chi connectivity index (χ0n) is 19.0. The van der Waals surface area contributed by atoms with Gasteiger partial charge in [0.25, 0.3) is 5.56 Å². The highest BCUT2D eigenvalue weighted by atomic mass is 35.5. The fourth-order valence-corrected chi connectivity index (χ4v) is 3.96. The first-order valence-corrected chi connectivity index (χ1v) is 11.0. The maximum absolute atomic E-state index is 13.2. The number of halogens is 4. The maximum atomic E-state index is 13.2. The van der Waals surface area contributed by atoms with Gasteiger partial charge in [0.2, 0.25) is 0 Å². The normalized spacial score (nSPS) is 11.4. The van der Waals surface area contributed by atoms with Crippen LogP contribution in [0.25, 0.3) is 22.0 Å². The van der Waals surface area contributed by atoms with E-state index >= 15 is 0 Å². The van der Waals surface area contributed by atoms with Gasteiger partial charge in [-0.05, 0) is 55.0 Å². The molecule has 4 rings (SSSR count). The molecule has 188 valence electrons. The lowest BCUT2D eigenvalue weighted by Crippen LogP contribution is -2.27. The van der Waals surface area contributed by atoms with Crippen LogP contribution in [0.4, 0.5) is 13.2 Å². The molecule has 4 aromatic rings. The molecule has 0 bridgehead atoms. The van der Waals surface area contributed by atoms with E-state index in [-0.39, 0.29) is 35.6 Å². The Morgan fingerprint density at radius 1 is 1.22 bits per heavy atom. The monoisotopic (exact) mass is 528 g/mol. The van der Waals surface area contributed by atoms with Crippen LogP contribution >= 0.6 is 11.6 Å². The quantitative estimate of drug-likeness (QED) is 0.370. The number of alkyl halides is 3. The molecule has 0 amide bonds. The zero-order valence-corrected chi connectivity index (χ0v) is 19.8. The van der Waals surface area contributed by atoms with Gasteiger partial charge in [0, 0.05) is 16.8 Å². The number of fused-ring (bicyclic) bond motifs is 1. The Balaban J connectivity index is 1.66. The van der Waals surface area contributed by atoms with Crippen molar-refractivity contribution in [1.82, 2.24) is 14.5 Å². The van der Waals surface area contributed by atoms with Crippen LogP contribution in [-0.2, 0) is 12.7 Å². The first kappa shape index (κ1) is 25.7. The average molecular weight is 529 g/mol. The number of benzene rings is 2. The van der Waals surface area contributed by atoms with E-state index in [1.807, 2.05) is 0 Å². The zero-order chi connectivity index (χ0) is 26.9. The first-order valence-electron chi connectivity index (χ1n) is 10.6. The van der Waals surface area contributed by atoms with E-state index < -0.39 is 28.8 Å². The van der Waals surface area contributed by atoms with Gasteiger partial charge in [0.05, 0.1) is 28.6 Å². The molecule has 0 aliphatic rings. The largest absolute Gasteiger partial charge is 0.491 e. The topological polar surface area (TPSA) is 118 Å². The van der Waals surface area contributed by atoms with Gasteiger partial charge in [0.1, 0.15) is 29.9 Å². The van der Waals surface area contributed by atoms with Crippen molar-refractivity contribution in [3.05, 3.63) is 86.7 Å². The minimum atomic E-state index is -4.70. The Kier molecular flexibility index (Phi) is 6.87. The molecule has 0 saturated carbocycles. The summed E-state index contributed by atoms with van der Waals surface area (Å²) in [5, 5.41) is 18.8. The van der Waals surface area contributed by atoms with Crippen molar-refractivity contribution in [3.8, 4) is 22.9 Å². The van der Waals surface area contributed by atoms with Crippen LogP contribution in [0.2, 0.25) is 5.02 Å². The van der Waals surface area contributed by atoms with Gasteiger partial charge in [-0.3, -0.25) is 9.36 Å². The van der Waals surface area contributed by atoms with Crippen LogP contribution in [0.3, 0.4) is 0 Å². The molecule has 0 aliphatic heterocycles. The van der Waals surface area contributed by atoms with Crippen molar-refractivity contribution in [2.75, 3.05) is 6.61 Å². The standard InChI is InChI=1S/C25H16ClF3N4O4/c1-13-32-19-10-16(25(27,28)29)8-15(12-30)22(19)23(34)33(13)6-7-37-21-3-2-17(26)11-18(21)14-4-5-31-20(9-14)24(35)36/h2-5,8-11H,6-7H2,1H3,(H,35,36). The molecule has 0 spiro atoms. The molecule has 1 N–H and O–H groups in total. The molecule has 2 aromatic carbocycles. The van der Waals surface area contributed by atoms with Crippen LogP contribution in [0, 0.1) is 18.3 Å². The van der Waals surface area contributed by atoms with Gasteiger partial charge in [-0.2, -0.15) is 18.4 Å². The van der Waals surface area contributed by atoms with E-state index in [4.69, 9.17) is 16.3 Å². The molecule has 0 fully saturated rings. The number of carboxylic acids is 1. The fraction of sp³-hybridized carbons (Fsp3) is 0.160. The molecule has 0 aliphatic carbocycles. The molecule has 2 aromatic heterocycles. The Hall–Kier alpha value is -4.43. The van der Waals surface area contributed by atoms with E-state index in [1.54, 1.807) is 30.3 Å². The highest BCUT2D eigenvalue weighted by molar-refractivity contribution is 6.31. The van der Waals surface area contributed by atoms with E-state index in [0.717, 1.165) is 6.07 Å². The number of ether oxygens (including phenoxy) is 1. The molecule has 12 heteroatoms. The number of carbonyl (C=O) groups is 1. The second kappa shape index (κ2) is 9.91. The van der Waals surface area contributed by atoms with Crippen LogP contribution in [0.5, 0.6) is 5.75 Å². The van der Waals surface area contributed by atoms with Crippen LogP contribution in [-0.4, -0.2) is 32.2 Å². The lowest BCUT2D eigenvalue weighted by atomic mass is 10.0. The second-order valence-electron chi connectivity index (χ2n) is 7.87. The van der Waals surface area contributed by atoms with Crippen LogP contribution in [0.15, 0.2) is 53.5 Å². The molecule has 0 atom stereocenters. The predicted molar refractivity (Wildman–Crippen MR) is 128 cm³/mol. The maximum Gasteiger partial charge on any atom is 0.416 e. The minimum Gasteiger partial charge on any atom is -0.491 e. The Bertz CT molecular complexity index is 1640. The number of hydrogen-bond donors (Lipinski definition) is 1. The fourth-order valence-electron chi connectivity index (χ4n) is 3.79. The summed E-state index contributed by atoms with van der Waals surface area (Å²) >= 11 is 6.13. The van der Waals surface area contributed by atoms with Gasteiger partial charge >= 0.3 is 12.1 Å². The van der Waals surface area contributed by atoms with Crippen molar-refractivity contribution < 1.29 is 27.8 Å². The lowest BCUT2D eigenvalue weighted by Gasteiger charge is -2.15. The van der Waals surface area contributed by atoms with Gasteiger partial charge in [0.15, 0.2) is 0 Å². The number of rotatable bonds is 6. The number of carboxylic acid groups (broad SMARTS) is 1. The van der Waals surface area contributed by atoms with Gasteiger partial charge in [-0.15, -0.1) is 0 Å². The average Bonchev–Trinajstić information content (AvgIpc) is 2.85. The molecular formula is C25H16ClF3N4O4. The van der Waals surface area contributed by atoms with E-state index in [0.29, 0.717) is 28.0 Å². The summed E-state index contributed by atoms with van der Waals surface area (Å²) in [6, 6.07) is 10.7. The van der Waals surface area contributed by atoms with E-state index in [2.05, 4.69) is 9.97 Å². The van der Waals surface area contributed by atoms with Crippen LogP contribution in [0.1, 0.15) is 27.4 Å². The van der Waals surface area contributed by atoms with Crippen molar-refractivity contribution in [1.29, 1.82) is 5.26 Å². The second-order valence-corrected chi connectivity index (χ2v) is 8.30. The molecule has 0 saturated heterocycles. The Morgan fingerprint density at radius 2 is 1.97 bits per heavy atom. The number of aromatic nitrogens is 3. The van der Waals surface area contributed by atoms with Crippen molar-refractivity contribution in [3.63, 3.8) is 0 Å². The smallest absolute Gasteiger partial charge is 0.416 e. The lowest BCUT2D eigenvalue weighted by molar-refractivity contribution is -0.137. The third kappa shape index (κ3) is 5.24.